The summed E-state index contributed by atoms with van der Waals surface area (Å²) in [5.74, 6) is -0.112. The van der Waals surface area contributed by atoms with Crippen LogP contribution in [-0.4, -0.2) is 13.0 Å². The summed E-state index contributed by atoms with van der Waals surface area (Å²) in [6, 6.07) is 13.1. The Bertz CT molecular complexity index is 611. The average molecular weight is 319 g/mol. The second kappa shape index (κ2) is 5.89. The third-order valence-corrected chi connectivity index (χ3v) is 3.72. The SMILES string of the molecule is CNc1cccc(C(=O)Nc2ccc(Br)c(C)c2)c1. The molecular formula is C15H15BrN2O. The van der Waals surface area contributed by atoms with Crippen LogP contribution >= 0.6 is 15.9 Å². The Labute approximate surface area is 121 Å². The Morgan fingerprint density at radius 1 is 1.11 bits per heavy atom. The standard InChI is InChI=1S/C15H15BrN2O/c1-10-8-13(6-7-14(10)16)18-15(19)11-4-3-5-12(9-11)17-2/h3-9,17H,1-2H3,(H,18,19). The molecule has 0 aliphatic carbocycles. The number of rotatable bonds is 3. The summed E-state index contributed by atoms with van der Waals surface area (Å²) >= 11 is 3.44. The van der Waals surface area contributed by atoms with E-state index in [0.29, 0.717) is 5.56 Å². The minimum absolute atomic E-state index is 0.112. The molecule has 0 fully saturated rings. The zero-order valence-corrected chi connectivity index (χ0v) is 12.4. The molecule has 0 radical (unpaired) electrons. The number of carbonyl (C=O) groups excluding carboxylic acids is 1. The van der Waals surface area contributed by atoms with Gasteiger partial charge >= 0.3 is 0 Å². The predicted octanol–water partition coefficient (Wildman–Crippen LogP) is 4.05. The molecule has 1 amide bonds. The molecule has 0 aromatic heterocycles. The molecule has 0 heterocycles. The normalized spacial score (nSPS) is 10.1. The first-order valence-corrected chi connectivity index (χ1v) is 6.75. The maximum absolute atomic E-state index is 12.1. The van der Waals surface area contributed by atoms with Gasteiger partial charge in [-0.15, -0.1) is 0 Å². The molecule has 98 valence electrons. The number of hydrogen-bond acceptors (Lipinski definition) is 2. The van der Waals surface area contributed by atoms with Crippen LogP contribution in [0.25, 0.3) is 0 Å². The Morgan fingerprint density at radius 2 is 1.89 bits per heavy atom. The van der Waals surface area contributed by atoms with Gasteiger partial charge in [0, 0.05) is 28.5 Å². The van der Waals surface area contributed by atoms with E-state index >= 15 is 0 Å². The van der Waals surface area contributed by atoms with Gasteiger partial charge in [0.05, 0.1) is 0 Å². The van der Waals surface area contributed by atoms with Crippen molar-refractivity contribution in [2.24, 2.45) is 0 Å². The van der Waals surface area contributed by atoms with E-state index in [9.17, 15) is 4.79 Å². The fraction of sp³-hybridized carbons (Fsp3) is 0.133. The highest BCUT2D eigenvalue weighted by molar-refractivity contribution is 9.10. The maximum atomic E-state index is 12.1. The molecule has 0 atom stereocenters. The van der Waals surface area contributed by atoms with Gasteiger partial charge in [-0.1, -0.05) is 22.0 Å². The van der Waals surface area contributed by atoms with Gasteiger partial charge in [0.15, 0.2) is 0 Å². The van der Waals surface area contributed by atoms with Crippen LogP contribution in [0.4, 0.5) is 11.4 Å². The largest absolute Gasteiger partial charge is 0.388 e. The van der Waals surface area contributed by atoms with Crippen molar-refractivity contribution >= 4 is 33.2 Å². The summed E-state index contributed by atoms with van der Waals surface area (Å²) in [5, 5.41) is 5.91. The zero-order chi connectivity index (χ0) is 13.8. The highest BCUT2D eigenvalue weighted by atomic mass is 79.9. The van der Waals surface area contributed by atoms with Crippen molar-refractivity contribution < 1.29 is 4.79 Å². The van der Waals surface area contributed by atoms with Gasteiger partial charge in [0.2, 0.25) is 0 Å². The Morgan fingerprint density at radius 3 is 2.58 bits per heavy atom. The third-order valence-electron chi connectivity index (χ3n) is 2.83. The molecule has 2 rings (SSSR count). The Kier molecular flexibility index (Phi) is 4.22. The van der Waals surface area contributed by atoms with Crippen molar-refractivity contribution in [1.29, 1.82) is 0 Å². The fourth-order valence-corrected chi connectivity index (χ4v) is 1.99. The van der Waals surface area contributed by atoms with Crippen molar-refractivity contribution in [1.82, 2.24) is 0 Å². The number of aryl methyl sites for hydroxylation is 1. The molecule has 4 heteroatoms. The quantitative estimate of drug-likeness (QED) is 0.896. The summed E-state index contributed by atoms with van der Waals surface area (Å²) in [5.41, 5.74) is 3.43. The van der Waals surface area contributed by atoms with Crippen LogP contribution in [-0.2, 0) is 0 Å². The molecule has 0 aliphatic rings. The molecular weight excluding hydrogens is 304 g/mol. The molecule has 0 spiro atoms. The molecule has 0 saturated heterocycles. The van der Waals surface area contributed by atoms with E-state index in [4.69, 9.17) is 0 Å². The first-order valence-electron chi connectivity index (χ1n) is 5.95. The number of carbonyl (C=O) groups is 1. The first-order chi connectivity index (χ1) is 9.10. The Balaban J connectivity index is 2.18. The minimum atomic E-state index is -0.112. The Hall–Kier alpha value is -1.81. The number of anilines is 2. The summed E-state index contributed by atoms with van der Waals surface area (Å²) in [6.45, 7) is 1.99. The van der Waals surface area contributed by atoms with Gasteiger partial charge in [0.1, 0.15) is 0 Å². The number of benzene rings is 2. The molecule has 2 aromatic carbocycles. The maximum Gasteiger partial charge on any atom is 0.255 e. The van der Waals surface area contributed by atoms with Gasteiger partial charge in [-0.25, -0.2) is 0 Å². The lowest BCUT2D eigenvalue weighted by Crippen LogP contribution is -2.12. The number of amides is 1. The highest BCUT2D eigenvalue weighted by Crippen LogP contribution is 2.20. The van der Waals surface area contributed by atoms with Gasteiger partial charge in [-0.2, -0.15) is 0 Å². The number of halogens is 1. The molecule has 0 saturated carbocycles. The smallest absolute Gasteiger partial charge is 0.255 e. The summed E-state index contributed by atoms with van der Waals surface area (Å²) in [6.07, 6.45) is 0. The van der Waals surface area contributed by atoms with Crippen LogP contribution < -0.4 is 10.6 Å². The summed E-state index contributed by atoms with van der Waals surface area (Å²) in [4.78, 5) is 12.1. The molecule has 3 nitrogen and oxygen atoms in total. The summed E-state index contributed by atoms with van der Waals surface area (Å²) < 4.78 is 1.03. The van der Waals surface area contributed by atoms with Crippen molar-refractivity contribution in [2.45, 2.75) is 6.92 Å². The fourth-order valence-electron chi connectivity index (χ4n) is 1.74. The van der Waals surface area contributed by atoms with Gasteiger partial charge in [-0.3, -0.25) is 4.79 Å². The molecule has 0 unspecified atom stereocenters. The number of nitrogens with one attached hydrogen (secondary N) is 2. The second-order valence-corrected chi connectivity index (χ2v) is 5.10. The average Bonchev–Trinajstić information content (AvgIpc) is 2.43. The number of hydrogen-bond donors (Lipinski definition) is 2. The monoisotopic (exact) mass is 318 g/mol. The lowest BCUT2D eigenvalue weighted by atomic mass is 10.1. The molecule has 2 N–H and O–H groups in total. The second-order valence-electron chi connectivity index (χ2n) is 4.25. The molecule has 19 heavy (non-hydrogen) atoms. The summed E-state index contributed by atoms with van der Waals surface area (Å²) in [7, 11) is 1.83. The minimum Gasteiger partial charge on any atom is -0.388 e. The van der Waals surface area contributed by atoms with Crippen molar-refractivity contribution in [3.8, 4) is 0 Å². The van der Waals surface area contributed by atoms with E-state index in [2.05, 4.69) is 26.6 Å². The van der Waals surface area contributed by atoms with E-state index in [0.717, 1.165) is 21.4 Å². The van der Waals surface area contributed by atoms with E-state index in [-0.39, 0.29) is 5.91 Å². The topological polar surface area (TPSA) is 41.1 Å². The van der Waals surface area contributed by atoms with Crippen molar-refractivity contribution in [3.63, 3.8) is 0 Å². The van der Waals surface area contributed by atoms with Gasteiger partial charge < -0.3 is 10.6 Å². The predicted molar refractivity (Wildman–Crippen MR) is 82.8 cm³/mol. The van der Waals surface area contributed by atoms with Crippen LogP contribution in [0.3, 0.4) is 0 Å². The third kappa shape index (κ3) is 3.35. The first kappa shape index (κ1) is 13.6. The van der Waals surface area contributed by atoms with Crippen molar-refractivity contribution in [2.75, 3.05) is 17.7 Å². The van der Waals surface area contributed by atoms with Crippen LogP contribution in [0.1, 0.15) is 15.9 Å². The van der Waals surface area contributed by atoms with Crippen molar-refractivity contribution in [3.05, 3.63) is 58.1 Å². The lowest BCUT2D eigenvalue weighted by Gasteiger charge is -2.08. The van der Waals surface area contributed by atoms with Crippen LogP contribution in [0, 0.1) is 6.92 Å². The van der Waals surface area contributed by atoms with Crippen LogP contribution in [0.2, 0.25) is 0 Å². The van der Waals surface area contributed by atoms with Crippen LogP contribution in [0.15, 0.2) is 46.9 Å². The molecule has 0 aliphatic heterocycles. The highest BCUT2D eigenvalue weighted by Gasteiger charge is 2.07. The van der Waals surface area contributed by atoms with E-state index in [1.165, 1.54) is 0 Å². The lowest BCUT2D eigenvalue weighted by molar-refractivity contribution is 0.102. The zero-order valence-electron chi connectivity index (χ0n) is 10.8. The van der Waals surface area contributed by atoms with Gasteiger partial charge in [0.25, 0.3) is 5.91 Å². The van der Waals surface area contributed by atoms with E-state index in [1.807, 2.05) is 50.4 Å². The van der Waals surface area contributed by atoms with Gasteiger partial charge in [-0.05, 0) is 48.9 Å². The molecule has 2 aromatic rings. The molecule has 0 bridgehead atoms. The van der Waals surface area contributed by atoms with E-state index < -0.39 is 0 Å². The van der Waals surface area contributed by atoms with Crippen LogP contribution in [0.5, 0.6) is 0 Å². The van der Waals surface area contributed by atoms with E-state index in [1.54, 1.807) is 6.07 Å².